The lowest BCUT2D eigenvalue weighted by Gasteiger charge is -2.33. The van der Waals surface area contributed by atoms with Crippen LogP contribution in [0.2, 0.25) is 0 Å². The van der Waals surface area contributed by atoms with Crippen LogP contribution in [0.15, 0.2) is 33.9 Å². The quantitative estimate of drug-likeness (QED) is 0.863. The van der Waals surface area contributed by atoms with Crippen molar-refractivity contribution < 1.29 is 9.53 Å². The zero-order valence-electron chi connectivity index (χ0n) is 15.0. The van der Waals surface area contributed by atoms with E-state index in [9.17, 15) is 14.4 Å². The van der Waals surface area contributed by atoms with Crippen molar-refractivity contribution in [2.75, 3.05) is 20.2 Å². The summed E-state index contributed by atoms with van der Waals surface area (Å²) < 4.78 is 5.44. The van der Waals surface area contributed by atoms with Crippen LogP contribution in [0.4, 0.5) is 0 Å². The third-order valence-electron chi connectivity index (χ3n) is 5.01. The first-order valence-electron chi connectivity index (χ1n) is 8.72. The number of hydrogen-bond donors (Lipinski definition) is 2. The normalized spacial score (nSPS) is 15.1. The molecule has 0 radical (unpaired) electrons. The second-order valence-electron chi connectivity index (χ2n) is 6.59. The number of hydrogen-bond acceptors (Lipinski definition) is 4. The number of nitrogens with zero attached hydrogens (tertiary/aromatic N) is 1. The second-order valence-corrected chi connectivity index (χ2v) is 6.59. The van der Waals surface area contributed by atoms with E-state index in [1.54, 1.807) is 18.9 Å². The molecule has 0 spiro atoms. The summed E-state index contributed by atoms with van der Waals surface area (Å²) in [6.07, 6.45) is 1.71. The highest BCUT2D eigenvalue weighted by molar-refractivity contribution is 5.79. The number of aryl methyl sites for hydroxylation is 1. The van der Waals surface area contributed by atoms with E-state index in [0.29, 0.717) is 30.3 Å². The predicted octanol–water partition coefficient (Wildman–Crippen LogP) is 1.33. The van der Waals surface area contributed by atoms with Crippen LogP contribution in [-0.2, 0) is 11.2 Å². The zero-order chi connectivity index (χ0) is 18.7. The van der Waals surface area contributed by atoms with Crippen molar-refractivity contribution in [2.24, 2.45) is 0 Å². The first-order chi connectivity index (χ1) is 12.5. The van der Waals surface area contributed by atoms with Crippen LogP contribution in [0.3, 0.4) is 0 Å². The summed E-state index contributed by atoms with van der Waals surface area (Å²) in [5, 5.41) is 0. The maximum Gasteiger partial charge on any atom is 0.325 e. The van der Waals surface area contributed by atoms with E-state index < -0.39 is 11.2 Å². The number of benzene rings is 1. The molecule has 1 aliphatic rings. The van der Waals surface area contributed by atoms with Gasteiger partial charge in [0.15, 0.2) is 0 Å². The maximum atomic E-state index is 12.6. The Morgan fingerprint density at radius 3 is 2.54 bits per heavy atom. The molecule has 138 valence electrons. The number of aromatic amines is 2. The molecule has 0 saturated carbocycles. The van der Waals surface area contributed by atoms with Crippen LogP contribution in [0.5, 0.6) is 5.75 Å². The molecule has 1 aliphatic heterocycles. The molecule has 2 N–H and O–H groups in total. The summed E-state index contributed by atoms with van der Waals surface area (Å²) in [5.74, 6) is 1.14. The lowest BCUT2D eigenvalue weighted by molar-refractivity contribution is -0.131. The average Bonchev–Trinajstić information content (AvgIpc) is 2.64. The lowest BCUT2D eigenvalue weighted by Crippen LogP contribution is -2.40. The molecular weight excluding hydrogens is 334 g/mol. The average molecular weight is 357 g/mol. The van der Waals surface area contributed by atoms with Crippen LogP contribution in [0.25, 0.3) is 0 Å². The third kappa shape index (κ3) is 3.71. The van der Waals surface area contributed by atoms with Crippen molar-refractivity contribution in [2.45, 2.75) is 32.1 Å². The van der Waals surface area contributed by atoms with Gasteiger partial charge in [-0.2, -0.15) is 0 Å². The number of likely N-dealkylation sites (tertiary alicyclic amines) is 1. The number of carbonyl (C=O) groups is 1. The molecule has 1 saturated heterocycles. The Labute approximate surface area is 151 Å². The third-order valence-corrected chi connectivity index (χ3v) is 5.01. The smallest absolute Gasteiger partial charge is 0.325 e. The van der Waals surface area contributed by atoms with Gasteiger partial charge in [-0.3, -0.25) is 14.6 Å². The number of nitrogens with one attached hydrogen (secondary N) is 2. The molecule has 7 heteroatoms. The first-order valence-corrected chi connectivity index (χ1v) is 8.72. The Hall–Kier alpha value is -2.83. The van der Waals surface area contributed by atoms with E-state index in [1.165, 1.54) is 5.56 Å². The molecule has 1 aromatic carbocycles. The predicted molar refractivity (Wildman–Crippen MR) is 97.7 cm³/mol. The van der Waals surface area contributed by atoms with Crippen molar-refractivity contribution in [1.82, 2.24) is 14.9 Å². The van der Waals surface area contributed by atoms with Gasteiger partial charge in [0.25, 0.3) is 5.56 Å². The Morgan fingerprint density at radius 2 is 1.88 bits per heavy atom. The van der Waals surface area contributed by atoms with E-state index in [0.717, 1.165) is 18.6 Å². The summed E-state index contributed by atoms with van der Waals surface area (Å²) in [6, 6.07) is 7.98. The topological polar surface area (TPSA) is 95.3 Å². The fourth-order valence-corrected chi connectivity index (χ4v) is 3.55. The molecule has 3 rings (SSSR count). The van der Waals surface area contributed by atoms with Gasteiger partial charge < -0.3 is 14.6 Å². The summed E-state index contributed by atoms with van der Waals surface area (Å²) in [5.41, 5.74) is 0.886. The lowest BCUT2D eigenvalue weighted by atomic mass is 9.88. The van der Waals surface area contributed by atoms with Gasteiger partial charge in [0.2, 0.25) is 5.91 Å². The maximum absolute atomic E-state index is 12.6. The van der Waals surface area contributed by atoms with E-state index >= 15 is 0 Å². The summed E-state index contributed by atoms with van der Waals surface area (Å²) >= 11 is 0. The van der Waals surface area contributed by atoms with E-state index in [-0.39, 0.29) is 12.3 Å². The molecular formula is C19H23N3O4. The zero-order valence-corrected chi connectivity index (χ0v) is 15.0. The van der Waals surface area contributed by atoms with Crippen LogP contribution in [0.1, 0.15) is 35.6 Å². The van der Waals surface area contributed by atoms with Crippen molar-refractivity contribution in [3.63, 3.8) is 0 Å². The number of para-hydroxylation sites is 1. The van der Waals surface area contributed by atoms with Crippen molar-refractivity contribution in [1.29, 1.82) is 0 Å². The highest BCUT2D eigenvalue weighted by Gasteiger charge is 2.26. The molecule has 2 heterocycles. The van der Waals surface area contributed by atoms with Gasteiger partial charge in [-0.15, -0.1) is 0 Å². The summed E-state index contributed by atoms with van der Waals surface area (Å²) in [4.78, 5) is 42.3. The largest absolute Gasteiger partial charge is 0.496 e. The summed E-state index contributed by atoms with van der Waals surface area (Å²) in [7, 11) is 1.67. The molecule has 0 aliphatic carbocycles. The molecule has 1 fully saturated rings. The number of rotatable bonds is 4. The van der Waals surface area contributed by atoms with Crippen LogP contribution in [0, 0.1) is 6.92 Å². The van der Waals surface area contributed by atoms with Gasteiger partial charge in [-0.1, -0.05) is 18.2 Å². The van der Waals surface area contributed by atoms with Crippen LogP contribution in [-0.4, -0.2) is 41.0 Å². The van der Waals surface area contributed by atoms with Crippen molar-refractivity contribution in [3.8, 4) is 5.75 Å². The Bertz CT molecular complexity index is 907. The molecule has 2 aromatic rings. The number of piperidine rings is 1. The van der Waals surface area contributed by atoms with Crippen molar-refractivity contribution in [3.05, 3.63) is 61.9 Å². The minimum Gasteiger partial charge on any atom is -0.496 e. The van der Waals surface area contributed by atoms with Gasteiger partial charge in [-0.05, 0) is 37.3 Å². The molecule has 0 atom stereocenters. The van der Waals surface area contributed by atoms with E-state index in [2.05, 4.69) is 16.0 Å². The molecule has 1 aromatic heterocycles. The van der Waals surface area contributed by atoms with Gasteiger partial charge >= 0.3 is 5.69 Å². The SMILES string of the molecule is COc1ccccc1C1CCN(C(=O)Cc2c(C)[nH]c(=O)[nH]c2=O)CC1. The first kappa shape index (κ1) is 18.0. The number of ether oxygens (including phenoxy) is 1. The van der Waals surface area contributed by atoms with Crippen LogP contribution < -0.4 is 16.0 Å². The minimum absolute atomic E-state index is 0.00271. The molecule has 0 unspecified atom stereocenters. The fraction of sp³-hybridized carbons (Fsp3) is 0.421. The monoisotopic (exact) mass is 357 g/mol. The second kappa shape index (κ2) is 7.59. The van der Waals surface area contributed by atoms with Gasteiger partial charge in [0.05, 0.1) is 13.5 Å². The highest BCUT2D eigenvalue weighted by Crippen LogP contribution is 2.34. The summed E-state index contributed by atoms with van der Waals surface area (Å²) in [6.45, 7) is 2.91. The molecule has 26 heavy (non-hydrogen) atoms. The number of carbonyl (C=O) groups excluding carboxylic acids is 1. The van der Waals surface area contributed by atoms with Gasteiger partial charge in [0, 0.05) is 24.3 Å². The highest BCUT2D eigenvalue weighted by atomic mass is 16.5. The minimum atomic E-state index is -0.554. The molecule has 0 bridgehead atoms. The number of aromatic nitrogens is 2. The Morgan fingerprint density at radius 1 is 1.19 bits per heavy atom. The van der Waals surface area contributed by atoms with Gasteiger partial charge in [-0.25, -0.2) is 4.79 Å². The van der Waals surface area contributed by atoms with Gasteiger partial charge in [0.1, 0.15) is 5.75 Å². The number of methoxy groups -OCH3 is 1. The number of H-pyrrole nitrogens is 2. The number of amides is 1. The Kier molecular flexibility index (Phi) is 5.25. The fourth-order valence-electron chi connectivity index (χ4n) is 3.55. The molecule has 7 nitrogen and oxygen atoms in total. The van der Waals surface area contributed by atoms with Crippen molar-refractivity contribution >= 4 is 5.91 Å². The molecule has 1 amide bonds. The standard InChI is InChI=1S/C19H23N3O4/c1-12-15(18(24)21-19(25)20-12)11-17(23)22-9-7-13(8-10-22)14-5-3-4-6-16(14)26-2/h3-6,13H,7-11H2,1-2H3,(H2,20,21,24,25). The van der Waals surface area contributed by atoms with E-state index in [1.807, 2.05) is 18.2 Å². The van der Waals surface area contributed by atoms with Crippen LogP contribution >= 0.6 is 0 Å². The van der Waals surface area contributed by atoms with E-state index in [4.69, 9.17) is 4.74 Å². The Balaban J connectivity index is 1.66.